The molecule has 0 fully saturated rings. The molecule has 0 saturated heterocycles. The summed E-state index contributed by atoms with van der Waals surface area (Å²) in [7, 11) is 0. The maximum atomic E-state index is 10.4. The summed E-state index contributed by atoms with van der Waals surface area (Å²) in [6.07, 6.45) is 2.43. The van der Waals surface area contributed by atoms with Crippen LogP contribution in [-0.2, 0) is 6.42 Å². The Hall–Kier alpha value is -0.990. The smallest absolute Gasteiger partial charge is 0.413 e. The Bertz CT molecular complexity index is 246. The van der Waals surface area contributed by atoms with Crippen LogP contribution in [0.1, 0.15) is 19.6 Å². The maximum Gasteiger partial charge on any atom is 0.416 e. The highest BCUT2D eigenvalue weighted by atomic mass is 16.4. The second kappa shape index (κ2) is 2.73. The summed E-state index contributed by atoms with van der Waals surface area (Å²) < 4.78 is 4.78. The van der Waals surface area contributed by atoms with Crippen molar-refractivity contribution in [3.8, 4) is 0 Å². The molecular formula is C7H11NO2. The molecular weight excluding hydrogens is 130 g/mol. The zero-order valence-corrected chi connectivity index (χ0v) is 6.18. The van der Waals surface area contributed by atoms with Gasteiger partial charge in [0.25, 0.3) is 0 Å². The maximum absolute atomic E-state index is 10.4. The number of H-pyrrole nitrogens is 1. The molecule has 0 aromatic carbocycles. The molecule has 0 aliphatic heterocycles. The van der Waals surface area contributed by atoms with E-state index in [1.165, 1.54) is 0 Å². The van der Waals surface area contributed by atoms with Gasteiger partial charge in [-0.15, -0.1) is 0 Å². The molecule has 0 atom stereocenters. The highest BCUT2D eigenvalue weighted by Crippen LogP contribution is 2.03. The zero-order chi connectivity index (χ0) is 7.56. The molecule has 1 heterocycles. The van der Waals surface area contributed by atoms with Crippen LogP contribution >= 0.6 is 0 Å². The van der Waals surface area contributed by atoms with E-state index in [1.807, 2.05) is 0 Å². The lowest BCUT2D eigenvalue weighted by Gasteiger charge is -1.96. The van der Waals surface area contributed by atoms with Gasteiger partial charge in [-0.25, -0.2) is 4.79 Å². The van der Waals surface area contributed by atoms with E-state index in [2.05, 4.69) is 18.8 Å². The standard InChI is InChI=1S/C7H11NO2/c1-5(2)3-6-4-8-7(9)10-6/h4-5H,3H2,1-2H3,(H,8,9). The summed E-state index contributed by atoms with van der Waals surface area (Å²) in [5.41, 5.74) is 0. The molecule has 0 radical (unpaired) electrons. The monoisotopic (exact) mass is 141 g/mol. The minimum absolute atomic E-state index is 0.365. The molecule has 1 aromatic rings. The van der Waals surface area contributed by atoms with Crippen LogP contribution in [0.25, 0.3) is 0 Å². The van der Waals surface area contributed by atoms with Crippen LogP contribution in [0.15, 0.2) is 15.4 Å². The highest BCUT2D eigenvalue weighted by Gasteiger charge is 2.00. The molecule has 1 N–H and O–H groups in total. The number of hydrogen-bond donors (Lipinski definition) is 1. The van der Waals surface area contributed by atoms with Gasteiger partial charge in [-0.1, -0.05) is 13.8 Å². The van der Waals surface area contributed by atoms with E-state index in [1.54, 1.807) is 6.20 Å². The molecule has 3 nitrogen and oxygen atoms in total. The highest BCUT2D eigenvalue weighted by molar-refractivity contribution is 4.89. The molecule has 10 heavy (non-hydrogen) atoms. The van der Waals surface area contributed by atoms with E-state index in [-0.39, 0.29) is 5.76 Å². The second-order valence-corrected chi connectivity index (χ2v) is 2.74. The van der Waals surface area contributed by atoms with E-state index in [0.29, 0.717) is 5.92 Å². The number of aromatic amines is 1. The number of nitrogens with one attached hydrogen (secondary N) is 1. The first-order valence-electron chi connectivity index (χ1n) is 3.36. The van der Waals surface area contributed by atoms with Crippen molar-refractivity contribution in [1.82, 2.24) is 4.98 Å². The second-order valence-electron chi connectivity index (χ2n) is 2.74. The Kier molecular flexibility index (Phi) is 1.94. The molecule has 0 amide bonds. The van der Waals surface area contributed by atoms with Gasteiger partial charge in [-0.05, 0) is 5.92 Å². The van der Waals surface area contributed by atoms with Crippen LogP contribution in [0.3, 0.4) is 0 Å². The quantitative estimate of drug-likeness (QED) is 0.671. The van der Waals surface area contributed by atoms with Crippen molar-refractivity contribution >= 4 is 0 Å². The number of rotatable bonds is 2. The van der Waals surface area contributed by atoms with E-state index in [4.69, 9.17) is 4.42 Å². The Labute approximate surface area is 59.1 Å². The fraction of sp³-hybridized carbons (Fsp3) is 0.571. The van der Waals surface area contributed by atoms with Crippen molar-refractivity contribution in [1.29, 1.82) is 0 Å². The van der Waals surface area contributed by atoms with Crippen molar-refractivity contribution in [3.05, 3.63) is 22.5 Å². The van der Waals surface area contributed by atoms with Crippen molar-refractivity contribution in [2.24, 2.45) is 5.92 Å². The molecule has 0 bridgehead atoms. The van der Waals surface area contributed by atoms with Gasteiger partial charge in [0, 0.05) is 12.6 Å². The van der Waals surface area contributed by atoms with Gasteiger partial charge in [0.2, 0.25) is 0 Å². The first-order chi connectivity index (χ1) is 4.68. The SMILES string of the molecule is CC(C)Cc1c[nH]c(=O)o1. The molecule has 0 unspecified atom stereocenters. The normalized spacial score (nSPS) is 10.7. The van der Waals surface area contributed by atoms with Crippen molar-refractivity contribution in [2.75, 3.05) is 0 Å². The van der Waals surface area contributed by atoms with E-state index in [0.717, 1.165) is 12.2 Å². The Morgan fingerprint density at radius 1 is 1.70 bits per heavy atom. The molecule has 1 rings (SSSR count). The first-order valence-corrected chi connectivity index (χ1v) is 3.36. The van der Waals surface area contributed by atoms with Crippen LogP contribution in [0.5, 0.6) is 0 Å². The van der Waals surface area contributed by atoms with Crippen LogP contribution < -0.4 is 5.76 Å². The molecule has 56 valence electrons. The van der Waals surface area contributed by atoms with Crippen molar-refractivity contribution < 1.29 is 4.42 Å². The van der Waals surface area contributed by atoms with Gasteiger partial charge in [0.15, 0.2) is 0 Å². The fourth-order valence-corrected chi connectivity index (χ4v) is 0.820. The summed E-state index contributed by atoms with van der Waals surface area (Å²) in [4.78, 5) is 12.9. The van der Waals surface area contributed by atoms with Gasteiger partial charge < -0.3 is 4.42 Å². The summed E-state index contributed by atoms with van der Waals surface area (Å²) in [6, 6.07) is 0. The van der Waals surface area contributed by atoms with Crippen molar-refractivity contribution in [2.45, 2.75) is 20.3 Å². The Morgan fingerprint density at radius 3 is 2.80 bits per heavy atom. The Balaban J connectivity index is 2.67. The average Bonchev–Trinajstić information content (AvgIpc) is 2.13. The summed E-state index contributed by atoms with van der Waals surface area (Å²) in [6.45, 7) is 4.15. The van der Waals surface area contributed by atoms with Crippen LogP contribution in [0.4, 0.5) is 0 Å². The molecule has 3 heteroatoms. The van der Waals surface area contributed by atoms with Gasteiger partial charge in [-0.3, -0.25) is 4.98 Å². The average molecular weight is 141 g/mol. The lowest BCUT2D eigenvalue weighted by atomic mass is 10.1. The molecule has 0 aliphatic rings. The third-order valence-electron chi connectivity index (χ3n) is 1.18. The number of aromatic nitrogens is 1. The summed E-state index contributed by atoms with van der Waals surface area (Å²) >= 11 is 0. The number of oxazole rings is 1. The van der Waals surface area contributed by atoms with Crippen LogP contribution in [0, 0.1) is 5.92 Å². The van der Waals surface area contributed by atoms with E-state index in [9.17, 15) is 4.79 Å². The summed E-state index contributed by atoms with van der Waals surface area (Å²) in [5, 5.41) is 0. The molecule has 0 saturated carbocycles. The lowest BCUT2D eigenvalue weighted by Crippen LogP contribution is -1.94. The van der Waals surface area contributed by atoms with Gasteiger partial charge in [-0.2, -0.15) is 0 Å². The van der Waals surface area contributed by atoms with E-state index >= 15 is 0 Å². The zero-order valence-electron chi connectivity index (χ0n) is 6.18. The van der Waals surface area contributed by atoms with Crippen LogP contribution in [-0.4, -0.2) is 4.98 Å². The van der Waals surface area contributed by atoms with Crippen LogP contribution in [0.2, 0.25) is 0 Å². The topological polar surface area (TPSA) is 46.0 Å². The van der Waals surface area contributed by atoms with Gasteiger partial charge >= 0.3 is 5.76 Å². The Morgan fingerprint density at radius 2 is 2.40 bits per heavy atom. The minimum atomic E-state index is -0.365. The third kappa shape index (κ3) is 1.76. The molecule has 1 aromatic heterocycles. The predicted molar refractivity (Wildman–Crippen MR) is 37.9 cm³/mol. The lowest BCUT2D eigenvalue weighted by molar-refractivity contribution is 0.442. The van der Waals surface area contributed by atoms with Gasteiger partial charge in [0.1, 0.15) is 5.76 Å². The molecule has 0 aliphatic carbocycles. The number of hydrogen-bond acceptors (Lipinski definition) is 2. The summed E-state index contributed by atoms with van der Waals surface area (Å²) in [5.74, 6) is 0.898. The first kappa shape index (κ1) is 7.12. The van der Waals surface area contributed by atoms with E-state index < -0.39 is 0 Å². The molecule has 0 spiro atoms. The fourth-order valence-electron chi connectivity index (χ4n) is 0.820. The third-order valence-corrected chi connectivity index (χ3v) is 1.18. The largest absolute Gasteiger partial charge is 0.416 e. The predicted octanol–water partition coefficient (Wildman–Crippen LogP) is 1.17. The minimum Gasteiger partial charge on any atom is -0.413 e. The van der Waals surface area contributed by atoms with Gasteiger partial charge in [0.05, 0.1) is 0 Å². The van der Waals surface area contributed by atoms with Crippen molar-refractivity contribution in [3.63, 3.8) is 0 Å².